The molecule has 0 spiro atoms. The van der Waals surface area contributed by atoms with Crippen molar-refractivity contribution in [2.24, 2.45) is 10.4 Å². The third kappa shape index (κ3) is 5.96. The van der Waals surface area contributed by atoms with Gasteiger partial charge in [0.05, 0.1) is 12.0 Å². The number of hydrogen-bond donors (Lipinski definition) is 2. The van der Waals surface area contributed by atoms with Crippen molar-refractivity contribution >= 4 is 11.9 Å². The Morgan fingerprint density at radius 1 is 1.08 bits per heavy atom. The van der Waals surface area contributed by atoms with Crippen molar-refractivity contribution < 1.29 is 4.79 Å². The lowest BCUT2D eigenvalue weighted by atomic mass is 9.85. The van der Waals surface area contributed by atoms with E-state index in [4.69, 9.17) is 4.99 Å². The molecule has 2 N–H and O–H groups in total. The van der Waals surface area contributed by atoms with Crippen molar-refractivity contribution in [1.29, 1.82) is 0 Å². The van der Waals surface area contributed by atoms with E-state index in [2.05, 4.69) is 36.3 Å². The molecule has 0 atom stereocenters. The first-order valence-electron chi connectivity index (χ1n) is 9.45. The van der Waals surface area contributed by atoms with Crippen LogP contribution in [0.15, 0.2) is 4.99 Å². The predicted octanol–water partition coefficient (Wildman–Crippen LogP) is 1.53. The lowest BCUT2D eigenvalue weighted by Crippen LogP contribution is -2.44. The summed E-state index contributed by atoms with van der Waals surface area (Å²) in [5.74, 6) is 1.05. The molecule has 24 heavy (non-hydrogen) atoms. The highest BCUT2D eigenvalue weighted by Gasteiger charge is 2.41. The topological polar surface area (TPSA) is 60.0 Å². The predicted molar refractivity (Wildman–Crippen MR) is 101 cm³/mol. The molecular formula is C18H37N5O. The molecule has 1 fully saturated rings. The second-order valence-corrected chi connectivity index (χ2v) is 6.84. The van der Waals surface area contributed by atoms with Crippen LogP contribution in [-0.2, 0) is 4.79 Å². The minimum Gasteiger partial charge on any atom is -0.357 e. The van der Waals surface area contributed by atoms with Crippen LogP contribution in [-0.4, -0.2) is 75.0 Å². The van der Waals surface area contributed by atoms with Gasteiger partial charge in [-0.05, 0) is 32.9 Å². The summed E-state index contributed by atoms with van der Waals surface area (Å²) >= 11 is 0. The number of guanidine groups is 1. The highest BCUT2D eigenvalue weighted by molar-refractivity contribution is 5.84. The van der Waals surface area contributed by atoms with Gasteiger partial charge in [0, 0.05) is 33.7 Å². The minimum atomic E-state index is -0.301. The van der Waals surface area contributed by atoms with Crippen molar-refractivity contribution in [3.63, 3.8) is 0 Å². The largest absolute Gasteiger partial charge is 0.357 e. The highest BCUT2D eigenvalue weighted by Crippen LogP contribution is 2.39. The van der Waals surface area contributed by atoms with Gasteiger partial charge in [0.2, 0.25) is 5.91 Å². The molecule has 1 aliphatic rings. The molecule has 0 aromatic carbocycles. The van der Waals surface area contributed by atoms with Crippen LogP contribution in [0.2, 0.25) is 0 Å². The first kappa shape index (κ1) is 20.7. The Morgan fingerprint density at radius 2 is 1.71 bits per heavy atom. The van der Waals surface area contributed by atoms with Gasteiger partial charge >= 0.3 is 0 Å². The number of rotatable bonds is 9. The third-order valence-corrected chi connectivity index (χ3v) is 4.92. The zero-order valence-electron chi connectivity index (χ0n) is 16.3. The number of amides is 1. The van der Waals surface area contributed by atoms with Gasteiger partial charge in [-0.25, -0.2) is 0 Å². The maximum Gasteiger partial charge on any atom is 0.230 e. The Bertz CT molecular complexity index is 398. The van der Waals surface area contributed by atoms with Crippen molar-refractivity contribution in [2.75, 3.05) is 53.4 Å². The number of hydrogen-bond acceptors (Lipinski definition) is 3. The van der Waals surface area contributed by atoms with Crippen molar-refractivity contribution in [2.45, 2.75) is 46.5 Å². The first-order chi connectivity index (χ1) is 11.5. The van der Waals surface area contributed by atoms with E-state index in [0.717, 1.165) is 64.4 Å². The summed E-state index contributed by atoms with van der Waals surface area (Å²) in [7, 11) is 3.69. The lowest BCUT2D eigenvalue weighted by Gasteiger charge is -2.29. The summed E-state index contributed by atoms with van der Waals surface area (Å²) in [4.78, 5) is 21.5. The van der Waals surface area contributed by atoms with Gasteiger partial charge in [0.25, 0.3) is 0 Å². The van der Waals surface area contributed by atoms with Gasteiger partial charge in [0.1, 0.15) is 0 Å². The van der Waals surface area contributed by atoms with Gasteiger partial charge in [-0.1, -0.05) is 26.7 Å². The van der Waals surface area contributed by atoms with Crippen LogP contribution in [0, 0.1) is 5.41 Å². The average molecular weight is 340 g/mol. The molecule has 140 valence electrons. The van der Waals surface area contributed by atoms with Crippen LogP contribution in [0.4, 0.5) is 0 Å². The number of likely N-dealkylation sites (N-methyl/N-ethyl adjacent to an activating group) is 1. The van der Waals surface area contributed by atoms with E-state index in [1.165, 1.54) is 0 Å². The number of carbonyl (C=O) groups is 1. The summed E-state index contributed by atoms with van der Waals surface area (Å²) < 4.78 is 0. The minimum absolute atomic E-state index is 0.225. The Kier molecular flexibility index (Phi) is 9.11. The number of nitrogens with zero attached hydrogens (tertiary/aromatic N) is 3. The third-order valence-electron chi connectivity index (χ3n) is 4.92. The molecule has 1 saturated carbocycles. The quantitative estimate of drug-likeness (QED) is 0.494. The SMILES string of the molecule is CCNC(=NCC1(C(=O)N(C)C)CCCC1)NCCN(CC)CC. The molecule has 0 heterocycles. The summed E-state index contributed by atoms with van der Waals surface area (Å²) in [6.45, 7) is 11.8. The van der Waals surface area contributed by atoms with E-state index in [1.807, 2.05) is 14.1 Å². The molecule has 1 rings (SSSR count). The molecule has 0 aromatic rings. The van der Waals surface area contributed by atoms with Gasteiger partial charge in [-0.15, -0.1) is 0 Å². The molecule has 0 unspecified atom stereocenters. The maximum absolute atomic E-state index is 12.6. The molecule has 0 aromatic heterocycles. The number of aliphatic imine (C=N–C) groups is 1. The van der Waals surface area contributed by atoms with Crippen LogP contribution >= 0.6 is 0 Å². The molecule has 6 heteroatoms. The Hall–Kier alpha value is -1.30. The summed E-state index contributed by atoms with van der Waals surface area (Å²) in [6, 6.07) is 0. The molecule has 1 aliphatic carbocycles. The summed E-state index contributed by atoms with van der Waals surface area (Å²) in [5.41, 5.74) is -0.301. The van der Waals surface area contributed by atoms with E-state index >= 15 is 0 Å². The van der Waals surface area contributed by atoms with E-state index in [0.29, 0.717) is 6.54 Å². The molecule has 0 radical (unpaired) electrons. The van der Waals surface area contributed by atoms with E-state index in [1.54, 1.807) is 4.90 Å². The van der Waals surface area contributed by atoms with E-state index in [9.17, 15) is 4.79 Å². The van der Waals surface area contributed by atoms with Gasteiger partial charge in [-0.3, -0.25) is 9.79 Å². The molecule has 0 aliphatic heterocycles. The lowest BCUT2D eigenvalue weighted by molar-refractivity contribution is -0.138. The number of nitrogens with one attached hydrogen (secondary N) is 2. The second-order valence-electron chi connectivity index (χ2n) is 6.84. The summed E-state index contributed by atoms with van der Waals surface area (Å²) in [6.07, 6.45) is 4.15. The normalized spacial score (nSPS) is 17.2. The van der Waals surface area contributed by atoms with Gasteiger partial charge < -0.3 is 20.4 Å². The van der Waals surface area contributed by atoms with E-state index in [-0.39, 0.29) is 11.3 Å². The Labute approximate surface area is 148 Å². The molecule has 6 nitrogen and oxygen atoms in total. The first-order valence-corrected chi connectivity index (χ1v) is 9.45. The van der Waals surface area contributed by atoms with Crippen LogP contribution in [0.5, 0.6) is 0 Å². The smallest absolute Gasteiger partial charge is 0.230 e. The average Bonchev–Trinajstić information content (AvgIpc) is 3.05. The molecule has 1 amide bonds. The van der Waals surface area contributed by atoms with Crippen molar-refractivity contribution in [3.8, 4) is 0 Å². The second kappa shape index (κ2) is 10.5. The van der Waals surface area contributed by atoms with Crippen LogP contribution < -0.4 is 10.6 Å². The highest BCUT2D eigenvalue weighted by atomic mass is 16.2. The molecule has 0 saturated heterocycles. The maximum atomic E-state index is 12.6. The van der Waals surface area contributed by atoms with Crippen molar-refractivity contribution in [1.82, 2.24) is 20.4 Å². The standard InChI is InChI=1S/C18H37N5O/c1-6-19-17(20-13-14-23(7-2)8-3)21-15-18(11-9-10-12-18)16(24)22(4)5/h6-15H2,1-5H3,(H2,19,20,21). The summed E-state index contributed by atoms with van der Waals surface area (Å²) in [5, 5.41) is 6.70. The van der Waals surface area contributed by atoms with Crippen LogP contribution in [0.1, 0.15) is 46.5 Å². The number of carbonyl (C=O) groups excluding carboxylic acids is 1. The Morgan fingerprint density at radius 3 is 2.21 bits per heavy atom. The zero-order valence-corrected chi connectivity index (χ0v) is 16.3. The fraction of sp³-hybridized carbons (Fsp3) is 0.889. The van der Waals surface area contributed by atoms with E-state index < -0.39 is 0 Å². The zero-order chi connectivity index (χ0) is 18.0. The molecular weight excluding hydrogens is 302 g/mol. The monoisotopic (exact) mass is 339 g/mol. The van der Waals surface area contributed by atoms with Gasteiger partial charge in [-0.2, -0.15) is 0 Å². The van der Waals surface area contributed by atoms with Crippen LogP contribution in [0.3, 0.4) is 0 Å². The molecule has 0 bridgehead atoms. The fourth-order valence-corrected chi connectivity index (χ4v) is 3.41. The fourth-order valence-electron chi connectivity index (χ4n) is 3.41. The Balaban J connectivity index is 2.67. The van der Waals surface area contributed by atoms with Crippen LogP contribution in [0.25, 0.3) is 0 Å². The van der Waals surface area contributed by atoms with Crippen molar-refractivity contribution in [3.05, 3.63) is 0 Å². The van der Waals surface area contributed by atoms with Gasteiger partial charge in [0.15, 0.2) is 5.96 Å².